The largest absolute Gasteiger partial charge is 0.436 e. The van der Waals surface area contributed by atoms with Crippen LogP contribution in [0, 0.1) is 17.3 Å². The van der Waals surface area contributed by atoms with Crippen LogP contribution in [0.15, 0.2) is 71.1 Å². The van der Waals surface area contributed by atoms with Crippen LogP contribution in [-0.2, 0) is 16.0 Å². The number of nitrogens with zero attached hydrogens (tertiary/aromatic N) is 4. The normalized spacial score (nSPS) is 16.7. The first kappa shape index (κ1) is 25.4. The molecule has 0 saturated carbocycles. The molecule has 3 aromatic carbocycles. The van der Waals surface area contributed by atoms with Gasteiger partial charge in [-0.25, -0.2) is 4.98 Å². The Morgan fingerprint density at radius 3 is 2.62 bits per heavy atom. The summed E-state index contributed by atoms with van der Waals surface area (Å²) in [5, 5.41) is 20.4. The van der Waals surface area contributed by atoms with Gasteiger partial charge in [-0.15, -0.1) is 10.2 Å². The number of hydrogen-bond donors (Lipinski definition) is 3. The number of carbonyl (C=O) groups excluding carboxylic acids is 2. The number of anilines is 2. The third-order valence-corrected chi connectivity index (χ3v) is 8.10. The minimum Gasteiger partial charge on any atom is -0.436 e. The summed E-state index contributed by atoms with van der Waals surface area (Å²) in [5.74, 6) is -0.0882. The fraction of sp³-hybridized carbons (Fsp3) is 0.267. The van der Waals surface area contributed by atoms with Crippen LogP contribution in [0.1, 0.15) is 32.8 Å². The van der Waals surface area contributed by atoms with Crippen molar-refractivity contribution in [3.63, 3.8) is 0 Å². The Morgan fingerprint density at radius 1 is 1.07 bits per heavy atom. The van der Waals surface area contributed by atoms with Crippen molar-refractivity contribution in [1.29, 1.82) is 0 Å². The third kappa shape index (κ3) is 4.41. The molecule has 202 valence electrons. The number of oxazole rings is 1. The molecular weight excluding hydrogens is 506 g/mol. The number of fused-ring (bicyclic) bond motifs is 2. The summed E-state index contributed by atoms with van der Waals surface area (Å²) in [4.78, 5) is 32.0. The molecular formula is C30H29N7O3. The zero-order chi connectivity index (χ0) is 27.9. The van der Waals surface area contributed by atoms with Crippen LogP contribution in [-0.4, -0.2) is 37.4 Å². The SMILES string of the molecule is CC(C)C(C)(C(=O)Nc1ccc2oc(-c3ccccc3-c3nn[nH]n3)nc2c1)[C@H]1CCc2ccccc2NC1=O. The maximum absolute atomic E-state index is 13.9. The lowest BCUT2D eigenvalue weighted by atomic mass is 9.66. The zero-order valence-corrected chi connectivity index (χ0v) is 22.4. The molecule has 0 bridgehead atoms. The van der Waals surface area contributed by atoms with Crippen LogP contribution in [0.5, 0.6) is 0 Å². The van der Waals surface area contributed by atoms with Crippen molar-refractivity contribution >= 4 is 34.3 Å². The molecule has 0 saturated heterocycles. The van der Waals surface area contributed by atoms with E-state index in [2.05, 4.69) is 36.2 Å². The van der Waals surface area contributed by atoms with Crippen LogP contribution in [0.4, 0.5) is 11.4 Å². The highest BCUT2D eigenvalue weighted by Gasteiger charge is 2.48. The highest BCUT2D eigenvalue weighted by Crippen LogP contribution is 2.42. The van der Waals surface area contributed by atoms with Crippen molar-refractivity contribution < 1.29 is 14.0 Å². The molecule has 1 unspecified atom stereocenters. The summed E-state index contributed by atoms with van der Waals surface area (Å²) in [7, 11) is 0. The number of nitrogens with one attached hydrogen (secondary N) is 3. The Morgan fingerprint density at radius 2 is 1.85 bits per heavy atom. The molecule has 0 fully saturated rings. The van der Waals surface area contributed by atoms with E-state index in [-0.39, 0.29) is 17.7 Å². The number of tetrazole rings is 1. The third-order valence-electron chi connectivity index (χ3n) is 8.10. The number of H-pyrrole nitrogens is 1. The van der Waals surface area contributed by atoms with Gasteiger partial charge in [-0.1, -0.05) is 50.2 Å². The molecule has 3 N–H and O–H groups in total. The number of aromatic nitrogens is 5. The van der Waals surface area contributed by atoms with Crippen LogP contribution in [0.3, 0.4) is 0 Å². The standard InChI is InChI=1S/C30H29N7O3/c1-17(2)30(3,22-14-12-18-8-4-7-11-23(18)32-27(22)38)29(39)31-19-13-15-25-24(16-19)33-28(40-25)21-10-6-5-9-20(21)26-34-36-37-35-26/h4-11,13,15-17,22H,12,14H2,1-3H3,(H,31,39)(H,32,38)(H,34,35,36,37)/t22-,30?/m0/s1. The Labute approximate surface area is 230 Å². The molecule has 2 atom stereocenters. The van der Waals surface area contributed by atoms with Gasteiger partial charge in [0.1, 0.15) is 5.52 Å². The second kappa shape index (κ2) is 10.0. The van der Waals surface area contributed by atoms with Gasteiger partial charge >= 0.3 is 0 Å². The Hall–Kier alpha value is -4.86. The molecule has 2 amide bonds. The topological polar surface area (TPSA) is 139 Å². The molecule has 10 heteroatoms. The van der Waals surface area contributed by atoms with Crippen molar-refractivity contribution in [2.75, 3.05) is 10.6 Å². The first-order chi connectivity index (χ1) is 19.3. The fourth-order valence-corrected chi connectivity index (χ4v) is 5.43. The molecule has 40 heavy (non-hydrogen) atoms. The van der Waals surface area contributed by atoms with E-state index in [1.165, 1.54) is 0 Å². The van der Waals surface area contributed by atoms with Gasteiger partial charge in [-0.05, 0) is 66.8 Å². The summed E-state index contributed by atoms with van der Waals surface area (Å²) >= 11 is 0. The molecule has 5 aromatic rings. The summed E-state index contributed by atoms with van der Waals surface area (Å²) < 4.78 is 6.05. The lowest BCUT2D eigenvalue weighted by molar-refractivity contribution is -0.138. The molecule has 1 aliphatic rings. The Kier molecular flexibility index (Phi) is 6.37. The first-order valence-electron chi connectivity index (χ1n) is 13.3. The van der Waals surface area contributed by atoms with Crippen molar-refractivity contribution in [2.45, 2.75) is 33.6 Å². The smallest absolute Gasteiger partial charge is 0.231 e. The summed E-state index contributed by atoms with van der Waals surface area (Å²) in [6.07, 6.45) is 1.30. The van der Waals surface area contributed by atoms with E-state index in [1.54, 1.807) is 18.2 Å². The maximum Gasteiger partial charge on any atom is 0.231 e. The minimum atomic E-state index is -0.945. The van der Waals surface area contributed by atoms with Crippen molar-refractivity contribution in [3.05, 3.63) is 72.3 Å². The molecule has 3 heterocycles. The molecule has 10 nitrogen and oxygen atoms in total. The van der Waals surface area contributed by atoms with E-state index < -0.39 is 11.3 Å². The predicted molar refractivity (Wildman–Crippen MR) is 151 cm³/mol. The van der Waals surface area contributed by atoms with E-state index in [1.807, 2.05) is 69.3 Å². The molecule has 6 rings (SSSR count). The van der Waals surface area contributed by atoms with E-state index in [0.717, 1.165) is 22.4 Å². The number of aromatic amines is 1. The molecule has 0 spiro atoms. The average Bonchev–Trinajstić information content (AvgIpc) is 3.60. The lowest BCUT2D eigenvalue weighted by Crippen LogP contribution is -2.48. The van der Waals surface area contributed by atoms with Gasteiger partial charge in [0.15, 0.2) is 5.58 Å². The van der Waals surface area contributed by atoms with Gasteiger partial charge in [-0.2, -0.15) is 5.21 Å². The zero-order valence-electron chi connectivity index (χ0n) is 22.4. The molecule has 0 radical (unpaired) electrons. The van der Waals surface area contributed by atoms with Gasteiger partial charge in [0.25, 0.3) is 0 Å². The Balaban J connectivity index is 1.28. The van der Waals surface area contributed by atoms with E-state index >= 15 is 0 Å². The van der Waals surface area contributed by atoms with E-state index in [9.17, 15) is 9.59 Å². The molecule has 1 aliphatic heterocycles. The van der Waals surface area contributed by atoms with Crippen LogP contribution < -0.4 is 10.6 Å². The second-order valence-electron chi connectivity index (χ2n) is 10.6. The number of rotatable bonds is 6. The van der Waals surface area contributed by atoms with Crippen LogP contribution in [0.2, 0.25) is 0 Å². The predicted octanol–water partition coefficient (Wildman–Crippen LogP) is 5.48. The van der Waals surface area contributed by atoms with Gasteiger partial charge in [0.05, 0.1) is 11.3 Å². The van der Waals surface area contributed by atoms with Crippen LogP contribution in [0.25, 0.3) is 33.9 Å². The summed E-state index contributed by atoms with van der Waals surface area (Å²) in [5.41, 5.74) is 4.14. The Bertz CT molecular complexity index is 1710. The molecule has 2 aromatic heterocycles. The van der Waals surface area contributed by atoms with Crippen molar-refractivity contribution in [3.8, 4) is 22.8 Å². The minimum absolute atomic E-state index is 0.0894. The fourth-order valence-electron chi connectivity index (χ4n) is 5.43. The monoisotopic (exact) mass is 535 g/mol. The number of benzene rings is 3. The maximum atomic E-state index is 13.9. The van der Waals surface area contributed by atoms with Crippen LogP contribution >= 0.6 is 0 Å². The highest BCUT2D eigenvalue weighted by molar-refractivity contribution is 6.03. The van der Waals surface area contributed by atoms with Gasteiger partial charge < -0.3 is 15.1 Å². The number of amides is 2. The molecule has 0 aliphatic carbocycles. The second-order valence-corrected chi connectivity index (χ2v) is 10.6. The summed E-state index contributed by atoms with van der Waals surface area (Å²) in [6.45, 7) is 5.85. The average molecular weight is 536 g/mol. The van der Waals surface area contributed by atoms with E-state index in [4.69, 9.17) is 4.42 Å². The number of hydrogen-bond acceptors (Lipinski definition) is 7. The van der Waals surface area contributed by atoms with E-state index in [0.29, 0.717) is 41.3 Å². The highest BCUT2D eigenvalue weighted by atomic mass is 16.3. The number of para-hydroxylation sites is 1. The van der Waals surface area contributed by atoms with Gasteiger partial charge in [0, 0.05) is 22.5 Å². The van der Waals surface area contributed by atoms with Crippen molar-refractivity contribution in [2.24, 2.45) is 17.3 Å². The summed E-state index contributed by atoms with van der Waals surface area (Å²) in [6, 6.07) is 20.7. The first-order valence-corrected chi connectivity index (χ1v) is 13.3. The lowest BCUT2D eigenvalue weighted by Gasteiger charge is -2.38. The number of aryl methyl sites for hydroxylation is 1. The quantitative estimate of drug-likeness (QED) is 0.262. The van der Waals surface area contributed by atoms with Crippen molar-refractivity contribution in [1.82, 2.24) is 25.6 Å². The van der Waals surface area contributed by atoms with Gasteiger partial charge in [0.2, 0.25) is 23.5 Å². The number of carbonyl (C=O) groups is 2. The van der Waals surface area contributed by atoms with Gasteiger partial charge in [-0.3, -0.25) is 9.59 Å².